The van der Waals surface area contributed by atoms with Crippen molar-refractivity contribution in [3.63, 3.8) is 0 Å². The molecule has 1 aliphatic heterocycles. The Hall–Kier alpha value is -3.14. The van der Waals surface area contributed by atoms with Gasteiger partial charge in [0.1, 0.15) is 23.9 Å². The summed E-state index contributed by atoms with van der Waals surface area (Å²) >= 11 is 0. The summed E-state index contributed by atoms with van der Waals surface area (Å²) in [7, 11) is -4.10. The molecule has 1 unspecified atom stereocenters. The molecule has 1 aromatic carbocycles. The Morgan fingerprint density at radius 2 is 1.87 bits per heavy atom. The standard InChI is InChI=1S/C22H25N5O3S/c1-17-8-12-27(13-9-17)22(28)20(10-14-26-11-4-6-19(26)16-24)25-31(29,30)21-7-3-2-5-18(21)15-23/h2-7,11,17,20,25H,8-10,12-14H2,1H3. The van der Waals surface area contributed by atoms with Gasteiger partial charge in [0.05, 0.1) is 10.5 Å². The van der Waals surface area contributed by atoms with E-state index in [4.69, 9.17) is 0 Å². The third kappa shape index (κ3) is 5.32. The van der Waals surface area contributed by atoms with Crippen LogP contribution in [-0.4, -0.2) is 42.9 Å². The molecule has 0 spiro atoms. The number of hydrogen-bond acceptors (Lipinski definition) is 5. The first kappa shape index (κ1) is 22.5. The van der Waals surface area contributed by atoms with E-state index in [1.165, 1.54) is 18.2 Å². The van der Waals surface area contributed by atoms with E-state index in [1.807, 2.05) is 6.07 Å². The van der Waals surface area contributed by atoms with Crippen LogP contribution in [0.4, 0.5) is 0 Å². The number of sulfonamides is 1. The van der Waals surface area contributed by atoms with Crippen molar-refractivity contribution in [2.45, 2.75) is 43.7 Å². The van der Waals surface area contributed by atoms with Crippen molar-refractivity contribution in [2.24, 2.45) is 5.92 Å². The molecule has 9 heteroatoms. The fraction of sp³-hybridized carbons (Fsp3) is 0.409. The summed E-state index contributed by atoms with van der Waals surface area (Å²) in [4.78, 5) is 14.8. The molecule has 8 nitrogen and oxygen atoms in total. The van der Waals surface area contributed by atoms with Gasteiger partial charge in [-0.3, -0.25) is 4.79 Å². The number of nitriles is 2. The molecular formula is C22H25N5O3S. The summed E-state index contributed by atoms with van der Waals surface area (Å²) < 4.78 is 30.3. The van der Waals surface area contributed by atoms with E-state index in [2.05, 4.69) is 17.7 Å². The molecule has 2 heterocycles. The number of benzene rings is 1. The molecule has 1 aromatic heterocycles. The molecule has 0 aliphatic carbocycles. The smallest absolute Gasteiger partial charge is 0.242 e. The van der Waals surface area contributed by atoms with Crippen LogP contribution in [0.5, 0.6) is 0 Å². The number of hydrogen-bond donors (Lipinski definition) is 1. The minimum atomic E-state index is -4.10. The lowest BCUT2D eigenvalue weighted by Crippen LogP contribution is -2.51. The maximum Gasteiger partial charge on any atom is 0.242 e. The molecule has 162 valence electrons. The quantitative estimate of drug-likeness (QED) is 0.709. The predicted molar refractivity (Wildman–Crippen MR) is 114 cm³/mol. The molecule has 1 N–H and O–H groups in total. The Morgan fingerprint density at radius 1 is 1.16 bits per heavy atom. The number of likely N-dealkylation sites (tertiary alicyclic amines) is 1. The van der Waals surface area contributed by atoms with Crippen LogP contribution in [-0.2, 0) is 21.4 Å². The molecule has 31 heavy (non-hydrogen) atoms. The van der Waals surface area contributed by atoms with Crippen molar-refractivity contribution in [3.05, 3.63) is 53.9 Å². The third-order valence-corrected chi connectivity index (χ3v) is 7.12. The summed E-state index contributed by atoms with van der Waals surface area (Å²) in [5.74, 6) is 0.246. The topological polar surface area (TPSA) is 119 Å². The highest BCUT2D eigenvalue weighted by atomic mass is 32.2. The van der Waals surface area contributed by atoms with Gasteiger partial charge in [-0.15, -0.1) is 0 Å². The molecule has 1 aliphatic rings. The summed E-state index contributed by atoms with van der Waals surface area (Å²) in [5.41, 5.74) is 0.459. The van der Waals surface area contributed by atoms with E-state index in [9.17, 15) is 23.7 Å². The average Bonchev–Trinajstić information content (AvgIpc) is 3.24. The summed E-state index contributed by atoms with van der Waals surface area (Å²) in [6.07, 6.45) is 3.65. The highest BCUT2D eigenvalue weighted by Gasteiger charge is 2.31. The van der Waals surface area contributed by atoms with E-state index in [1.54, 1.807) is 33.9 Å². The van der Waals surface area contributed by atoms with Crippen LogP contribution in [0, 0.1) is 28.6 Å². The molecular weight excluding hydrogens is 414 g/mol. The highest BCUT2D eigenvalue weighted by Crippen LogP contribution is 2.20. The van der Waals surface area contributed by atoms with Crippen LogP contribution in [0.2, 0.25) is 0 Å². The van der Waals surface area contributed by atoms with Gasteiger partial charge in [0.2, 0.25) is 15.9 Å². The van der Waals surface area contributed by atoms with Crippen LogP contribution < -0.4 is 4.72 Å². The van der Waals surface area contributed by atoms with Crippen LogP contribution >= 0.6 is 0 Å². The minimum Gasteiger partial charge on any atom is -0.341 e. The van der Waals surface area contributed by atoms with Gasteiger partial charge in [-0.1, -0.05) is 19.1 Å². The Bertz CT molecular complexity index is 1120. The predicted octanol–water partition coefficient (Wildman–Crippen LogP) is 2.23. The molecule has 1 fully saturated rings. The monoisotopic (exact) mass is 439 g/mol. The Kier molecular flexibility index (Phi) is 7.11. The van der Waals surface area contributed by atoms with E-state index in [0.29, 0.717) is 31.2 Å². The maximum atomic E-state index is 13.2. The van der Waals surface area contributed by atoms with Crippen molar-refractivity contribution < 1.29 is 13.2 Å². The number of piperidine rings is 1. The lowest BCUT2D eigenvalue weighted by atomic mass is 9.98. The number of carbonyl (C=O) groups is 1. The Balaban J connectivity index is 1.85. The first-order chi connectivity index (χ1) is 14.9. The molecule has 2 aromatic rings. The van der Waals surface area contributed by atoms with E-state index < -0.39 is 16.1 Å². The number of aryl methyl sites for hydroxylation is 1. The SMILES string of the molecule is CC1CCN(C(=O)C(CCn2cccc2C#N)NS(=O)(=O)c2ccccc2C#N)CC1. The van der Waals surface area contributed by atoms with Crippen LogP contribution in [0.3, 0.4) is 0 Å². The number of carbonyl (C=O) groups excluding carboxylic acids is 1. The zero-order valence-electron chi connectivity index (χ0n) is 17.4. The maximum absolute atomic E-state index is 13.2. The molecule has 0 radical (unpaired) electrons. The summed E-state index contributed by atoms with van der Waals surface area (Å²) in [6, 6.07) is 12.3. The van der Waals surface area contributed by atoms with Crippen LogP contribution in [0.25, 0.3) is 0 Å². The van der Waals surface area contributed by atoms with Crippen LogP contribution in [0.15, 0.2) is 47.5 Å². The van der Waals surface area contributed by atoms with E-state index >= 15 is 0 Å². The number of amides is 1. The molecule has 3 rings (SSSR count). The average molecular weight is 440 g/mol. The summed E-state index contributed by atoms with van der Waals surface area (Å²) in [6.45, 7) is 3.61. The lowest BCUT2D eigenvalue weighted by molar-refractivity contribution is -0.134. The van der Waals surface area contributed by atoms with Gasteiger partial charge in [-0.05, 0) is 49.4 Å². The minimum absolute atomic E-state index is 0.0187. The van der Waals surface area contributed by atoms with E-state index in [-0.39, 0.29) is 22.8 Å². The molecule has 1 atom stereocenters. The molecule has 0 bridgehead atoms. The van der Waals surface area contributed by atoms with Crippen molar-refractivity contribution in [1.29, 1.82) is 10.5 Å². The zero-order chi connectivity index (χ0) is 22.4. The number of aromatic nitrogens is 1. The number of nitrogens with zero attached hydrogens (tertiary/aromatic N) is 4. The Labute approximate surface area is 182 Å². The zero-order valence-corrected chi connectivity index (χ0v) is 18.2. The highest BCUT2D eigenvalue weighted by molar-refractivity contribution is 7.89. The second kappa shape index (κ2) is 9.78. The summed E-state index contributed by atoms with van der Waals surface area (Å²) in [5, 5.41) is 18.5. The molecule has 1 saturated heterocycles. The molecule has 0 saturated carbocycles. The second-order valence-electron chi connectivity index (χ2n) is 7.78. The Morgan fingerprint density at radius 3 is 2.55 bits per heavy atom. The van der Waals surface area contributed by atoms with E-state index in [0.717, 1.165) is 12.8 Å². The van der Waals surface area contributed by atoms with Gasteiger partial charge in [0, 0.05) is 25.8 Å². The van der Waals surface area contributed by atoms with Crippen molar-refractivity contribution in [2.75, 3.05) is 13.1 Å². The first-order valence-corrected chi connectivity index (χ1v) is 11.7. The van der Waals surface area contributed by atoms with Gasteiger partial charge in [0.15, 0.2) is 0 Å². The van der Waals surface area contributed by atoms with Crippen LogP contribution in [0.1, 0.15) is 37.4 Å². The van der Waals surface area contributed by atoms with Gasteiger partial charge in [-0.2, -0.15) is 15.2 Å². The second-order valence-corrected chi connectivity index (χ2v) is 9.46. The number of rotatable bonds is 7. The lowest BCUT2D eigenvalue weighted by Gasteiger charge is -2.33. The van der Waals surface area contributed by atoms with Gasteiger partial charge >= 0.3 is 0 Å². The normalized spacial score (nSPS) is 15.8. The largest absolute Gasteiger partial charge is 0.341 e. The fourth-order valence-corrected chi connectivity index (χ4v) is 5.09. The van der Waals surface area contributed by atoms with Gasteiger partial charge in [-0.25, -0.2) is 8.42 Å². The van der Waals surface area contributed by atoms with Crippen molar-refractivity contribution in [3.8, 4) is 12.1 Å². The fourth-order valence-electron chi connectivity index (χ4n) is 3.71. The molecule has 1 amide bonds. The van der Waals surface area contributed by atoms with Crippen molar-refractivity contribution >= 4 is 15.9 Å². The first-order valence-electron chi connectivity index (χ1n) is 10.2. The van der Waals surface area contributed by atoms with Crippen molar-refractivity contribution in [1.82, 2.24) is 14.2 Å². The third-order valence-electron chi connectivity index (χ3n) is 5.59. The number of nitrogens with one attached hydrogen (secondary N) is 1. The van der Waals surface area contributed by atoms with Gasteiger partial charge in [0.25, 0.3) is 0 Å². The van der Waals surface area contributed by atoms with Gasteiger partial charge < -0.3 is 9.47 Å².